The van der Waals surface area contributed by atoms with Crippen molar-refractivity contribution < 1.29 is 4.92 Å². The summed E-state index contributed by atoms with van der Waals surface area (Å²) in [4.78, 5) is 18.8. The summed E-state index contributed by atoms with van der Waals surface area (Å²) in [5, 5.41) is 11.4. The number of nitro groups is 1. The second-order valence-corrected chi connectivity index (χ2v) is 4.43. The Hall–Kier alpha value is -1.66. The number of halogens is 1. The van der Waals surface area contributed by atoms with Gasteiger partial charge in [-0.15, -0.1) is 0 Å². The summed E-state index contributed by atoms with van der Waals surface area (Å²) < 4.78 is 0. The van der Waals surface area contributed by atoms with Gasteiger partial charge in [-0.2, -0.15) is 0 Å². The SMILES string of the molecule is O=[N+]([O-])c1ccc(Sc2nccnc2Cl)cc1. The van der Waals surface area contributed by atoms with Gasteiger partial charge in [0.15, 0.2) is 5.15 Å². The Kier molecular flexibility index (Phi) is 3.55. The van der Waals surface area contributed by atoms with Crippen LogP contribution in [0, 0.1) is 10.1 Å². The van der Waals surface area contributed by atoms with E-state index >= 15 is 0 Å². The molecule has 0 unspecified atom stereocenters. The number of aromatic nitrogens is 2. The smallest absolute Gasteiger partial charge is 0.258 e. The molecule has 0 saturated heterocycles. The van der Waals surface area contributed by atoms with Crippen molar-refractivity contribution in [1.82, 2.24) is 9.97 Å². The molecule has 0 atom stereocenters. The predicted octanol–water partition coefficient (Wildman–Crippen LogP) is 3.19. The molecule has 86 valence electrons. The molecular weight excluding hydrogens is 262 g/mol. The molecule has 7 heteroatoms. The van der Waals surface area contributed by atoms with E-state index in [1.165, 1.54) is 30.1 Å². The van der Waals surface area contributed by atoms with E-state index in [9.17, 15) is 10.1 Å². The quantitative estimate of drug-likeness (QED) is 0.631. The lowest BCUT2D eigenvalue weighted by atomic mass is 10.3. The van der Waals surface area contributed by atoms with E-state index in [-0.39, 0.29) is 5.69 Å². The van der Waals surface area contributed by atoms with E-state index in [2.05, 4.69) is 9.97 Å². The molecule has 1 heterocycles. The average molecular weight is 268 g/mol. The highest BCUT2D eigenvalue weighted by molar-refractivity contribution is 7.99. The standard InChI is InChI=1S/C10H6ClN3O2S/c11-9-10(13-6-5-12-9)17-8-3-1-7(2-4-8)14(15)16/h1-6H. The third-order valence-electron chi connectivity index (χ3n) is 1.88. The summed E-state index contributed by atoms with van der Waals surface area (Å²) in [6.07, 6.45) is 3.04. The molecule has 0 aliphatic carbocycles. The van der Waals surface area contributed by atoms with E-state index in [1.54, 1.807) is 18.3 Å². The van der Waals surface area contributed by atoms with Gasteiger partial charge in [0.2, 0.25) is 0 Å². The van der Waals surface area contributed by atoms with Gasteiger partial charge in [-0.25, -0.2) is 9.97 Å². The van der Waals surface area contributed by atoms with Crippen molar-refractivity contribution in [1.29, 1.82) is 0 Å². The van der Waals surface area contributed by atoms with Crippen LogP contribution in [0.2, 0.25) is 5.15 Å². The van der Waals surface area contributed by atoms with E-state index in [0.717, 1.165) is 4.90 Å². The Labute approximate surface area is 106 Å². The van der Waals surface area contributed by atoms with Gasteiger partial charge < -0.3 is 0 Å². The maximum absolute atomic E-state index is 10.5. The fraction of sp³-hybridized carbons (Fsp3) is 0. The van der Waals surface area contributed by atoms with Crippen LogP contribution in [-0.2, 0) is 0 Å². The first-order valence-corrected chi connectivity index (χ1v) is 5.75. The molecule has 0 aliphatic rings. The van der Waals surface area contributed by atoms with E-state index in [1.807, 2.05) is 0 Å². The van der Waals surface area contributed by atoms with Crippen molar-refractivity contribution in [2.75, 3.05) is 0 Å². The van der Waals surface area contributed by atoms with Gasteiger partial charge in [0.05, 0.1) is 4.92 Å². The normalized spacial score (nSPS) is 10.2. The third-order valence-corrected chi connectivity index (χ3v) is 3.27. The topological polar surface area (TPSA) is 68.9 Å². The van der Waals surface area contributed by atoms with Gasteiger partial charge in [-0.3, -0.25) is 10.1 Å². The van der Waals surface area contributed by atoms with Crippen LogP contribution in [0.1, 0.15) is 0 Å². The minimum Gasteiger partial charge on any atom is -0.258 e. The Bertz CT molecular complexity index is 548. The Morgan fingerprint density at radius 2 is 1.82 bits per heavy atom. The molecule has 17 heavy (non-hydrogen) atoms. The van der Waals surface area contributed by atoms with Gasteiger partial charge in [-0.05, 0) is 12.1 Å². The summed E-state index contributed by atoms with van der Waals surface area (Å²) in [5.74, 6) is 0. The van der Waals surface area contributed by atoms with Crippen LogP contribution in [0.5, 0.6) is 0 Å². The van der Waals surface area contributed by atoms with Crippen molar-refractivity contribution in [3.63, 3.8) is 0 Å². The Morgan fingerprint density at radius 1 is 1.18 bits per heavy atom. The highest BCUT2D eigenvalue weighted by atomic mass is 35.5. The number of benzene rings is 1. The van der Waals surface area contributed by atoms with Crippen molar-refractivity contribution in [2.45, 2.75) is 9.92 Å². The average Bonchev–Trinajstić information content (AvgIpc) is 2.33. The lowest BCUT2D eigenvalue weighted by molar-refractivity contribution is -0.384. The summed E-state index contributed by atoms with van der Waals surface area (Å²) in [6, 6.07) is 6.17. The van der Waals surface area contributed by atoms with Gasteiger partial charge >= 0.3 is 0 Å². The minimum absolute atomic E-state index is 0.0552. The molecule has 5 nitrogen and oxygen atoms in total. The number of rotatable bonds is 3. The highest BCUT2D eigenvalue weighted by Gasteiger charge is 2.07. The molecule has 0 N–H and O–H groups in total. The van der Waals surface area contributed by atoms with Gasteiger partial charge in [-0.1, -0.05) is 23.4 Å². The van der Waals surface area contributed by atoms with Gasteiger partial charge in [0.1, 0.15) is 5.03 Å². The molecule has 0 amide bonds. The molecular formula is C10H6ClN3O2S. The molecule has 0 bridgehead atoms. The first kappa shape index (κ1) is 11.8. The summed E-state index contributed by atoms with van der Waals surface area (Å²) in [7, 11) is 0. The van der Waals surface area contributed by atoms with E-state index in [4.69, 9.17) is 11.6 Å². The lowest BCUT2D eigenvalue weighted by Crippen LogP contribution is -1.87. The van der Waals surface area contributed by atoms with Crippen molar-refractivity contribution in [3.05, 3.63) is 51.9 Å². The molecule has 2 rings (SSSR count). The van der Waals surface area contributed by atoms with Crippen LogP contribution in [-0.4, -0.2) is 14.9 Å². The maximum atomic E-state index is 10.5. The molecule has 1 aromatic heterocycles. The number of non-ortho nitro benzene ring substituents is 1. The second kappa shape index (κ2) is 5.11. The number of nitro benzene ring substituents is 1. The van der Waals surface area contributed by atoms with Crippen molar-refractivity contribution in [3.8, 4) is 0 Å². The van der Waals surface area contributed by atoms with Crippen LogP contribution in [0.4, 0.5) is 5.69 Å². The van der Waals surface area contributed by atoms with Crippen LogP contribution < -0.4 is 0 Å². The predicted molar refractivity (Wildman–Crippen MR) is 64.3 cm³/mol. The summed E-state index contributed by atoms with van der Waals surface area (Å²) in [5.41, 5.74) is 0.0552. The fourth-order valence-corrected chi connectivity index (χ4v) is 2.09. The van der Waals surface area contributed by atoms with Crippen molar-refractivity contribution >= 4 is 29.1 Å². The first-order valence-electron chi connectivity index (χ1n) is 4.55. The molecule has 0 radical (unpaired) electrons. The van der Waals surface area contributed by atoms with Crippen LogP contribution >= 0.6 is 23.4 Å². The molecule has 2 aromatic rings. The molecule has 1 aromatic carbocycles. The van der Waals surface area contributed by atoms with Gasteiger partial charge in [0, 0.05) is 29.4 Å². The number of hydrogen-bond acceptors (Lipinski definition) is 5. The Balaban J connectivity index is 2.20. The molecule has 0 aliphatic heterocycles. The third kappa shape index (κ3) is 2.92. The van der Waals surface area contributed by atoms with Gasteiger partial charge in [0.25, 0.3) is 5.69 Å². The molecule has 0 saturated carbocycles. The van der Waals surface area contributed by atoms with Crippen LogP contribution in [0.3, 0.4) is 0 Å². The highest BCUT2D eigenvalue weighted by Crippen LogP contribution is 2.30. The second-order valence-electron chi connectivity index (χ2n) is 3.01. The molecule has 0 fully saturated rings. The van der Waals surface area contributed by atoms with Crippen molar-refractivity contribution in [2.24, 2.45) is 0 Å². The maximum Gasteiger partial charge on any atom is 0.269 e. The van der Waals surface area contributed by atoms with E-state index < -0.39 is 4.92 Å². The van der Waals surface area contributed by atoms with E-state index in [0.29, 0.717) is 10.2 Å². The fourth-order valence-electron chi connectivity index (χ4n) is 1.12. The minimum atomic E-state index is -0.441. The monoisotopic (exact) mass is 267 g/mol. The Morgan fingerprint density at radius 3 is 2.41 bits per heavy atom. The zero-order chi connectivity index (χ0) is 12.3. The first-order chi connectivity index (χ1) is 8.16. The summed E-state index contributed by atoms with van der Waals surface area (Å²) >= 11 is 7.16. The zero-order valence-electron chi connectivity index (χ0n) is 8.41. The lowest BCUT2D eigenvalue weighted by Gasteiger charge is -2.01. The molecule has 0 spiro atoms. The zero-order valence-corrected chi connectivity index (χ0v) is 9.98. The largest absolute Gasteiger partial charge is 0.269 e. The van der Waals surface area contributed by atoms with Crippen LogP contribution in [0.15, 0.2) is 46.6 Å². The number of nitrogens with zero attached hydrogens (tertiary/aromatic N) is 3. The van der Waals surface area contributed by atoms with Crippen LogP contribution in [0.25, 0.3) is 0 Å². The summed E-state index contributed by atoms with van der Waals surface area (Å²) in [6.45, 7) is 0. The number of hydrogen-bond donors (Lipinski definition) is 0.